The molecule has 0 fully saturated rings. The van der Waals surface area contributed by atoms with E-state index in [4.69, 9.17) is 9.47 Å². The zero-order chi connectivity index (χ0) is 22.2. The van der Waals surface area contributed by atoms with Gasteiger partial charge < -0.3 is 14.8 Å². The van der Waals surface area contributed by atoms with Crippen LogP contribution in [0.4, 0.5) is 9.39 Å². The van der Waals surface area contributed by atoms with Crippen LogP contribution in [0.25, 0.3) is 11.1 Å². The summed E-state index contributed by atoms with van der Waals surface area (Å²) in [5.74, 6) is -0.336. The van der Waals surface area contributed by atoms with E-state index in [9.17, 15) is 14.0 Å². The molecule has 0 saturated heterocycles. The number of thiophene rings is 1. The van der Waals surface area contributed by atoms with Gasteiger partial charge in [0.15, 0.2) is 0 Å². The summed E-state index contributed by atoms with van der Waals surface area (Å²) in [7, 11) is 0. The van der Waals surface area contributed by atoms with Crippen molar-refractivity contribution < 1.29 is 23.5 Å². The molecule has 1 N–H and O–H groups in total. The Morgan fingerprint density at radius 2 is 1.90 bits per heavy atom. The molecule has 1 amide bonds. The second kappa shape index (κ2) is 10.7. The Kier molecular flexibility index (Phi) is 7.78. The number of anilines is 1. The van der Waals surface area contributed by atoms with Crippen molar-refractivity contribution >= 4 is 28.2 Å². The van der Waals surface area contributed by atoms with Crippen LogP contribution in [0.2, 0.25) is 0 Å². The molecule has 1 aromatic heterocycles. The first kappa shape index (κ1) is 22.5. The summed E-state index contributed by atoms with van der Waals surface area (Å²) in [6.45, 7) is 4.32. The third-order valence-corrected chi connectivity index (χ3v) is 5.38. The van der Waals surface area contributed by atoms with E-state index in [2.05, 4.69) is 5.32 Å². The predicted octanol–water partition coefficient (Wildman–Crippen LogP) is 5.84. The quantitative estimate of drug-likeness (QED) is 0.335. The van der Waals surface area contributed by atoms with Crippen molar-refractivity contribution in [2.45, 2.75) is 26.7 Å². The SMILES string of the molecule is CCOC(=O)c1c(-c2ccc(F)cc2)csc1NC(=O)CCCOc1cccc(C)c1. The van der Waals surface area contributed by atoms with E-state index in [1.54, 1.807) is 24.4 Å². The molecule has 0 radical (unpaired) electrons. The summed E-state index contributed by atoms with van der Waals surface area (Å²) < 4.78 is 24.1. The maximum atomic E-state index is 13.3. The van der Waals surface area contributed by atoms with Crippen LogP contribution in [-0.4, -0.2) is 25.1 Å². The largest absolute Gasteiger partial charge is 0.494 e. The summed E-state index contributed by atoms with van der Waals surface area (Å²) in [5.41, 5.74) is 2.66. The minimum atomic E-state index is -0.527. The number of hydrogen-bond acceptors (Lipinski definition) is 5. The maximum absolute atomic E-state index is 13.3. The van der Waals surface area contributed by atoms with Crippen LogP contribution in [0.1, 0.15) is 35.7 Å². The molecule has 0 bridgehead atoms. The summed E-state index contributed by atoms with van der Waals surface area (Å²) in [4.78, 5) is 25.0. The average Bonchev–Trinajstić information content (AvgIpc) is 3.15. The molecule has 1 heterocycles. The molecule has 3 aromatic rings. The van der Waals surface area contributed by atoms with Gasteiger partial charge in [-0.25, -0.2) is 9.18 Å². The van der Waals surface area contributed by atoms with Gasteiger partial charge in [0.1, 0.15) is 22.1 Å². The van der Waals surface area contributed by atoms with Crippen LogP contribution in [0, 0.1) is 12.7 Å². The Morgan fingerprint density at radius 3 is 2.61 bits per heavy atom. The first-order chi connectivity index (χ1) is 15.0. The maximum Gasteiger partial charge on any atom is 0.341 e. The molecule has 7 heteroatoms. The van der Waals surface area contributed by atoms with Gasteiger partial charge in [0, 0.05) is 17.4 Å². The highest BCUT2D eigenvalue weighted by atomic mass is 32.1. The fourth-order valence-electron chi connectivity index (χ4n) is 3.01. The Morgan fingerprint density at radius 1 is 1.13 bits per heavy atom. The summed E-state index contributed by atoms with van der Waals surface area (Å²) in [6.07, 6.45) is 0.780. The van der Waals surface area contributed by atoms with Gasteiger partial charge in [-0.2, -0.15) is 0 Å². The number of carbonyl (C=O) groups is 2. The Labute approximate surface area is 184 Å². The molecule has 0 spiro atoms. The summed E-state index contributed by atoms with van der Waals surface area (Å²) in [6, 6.07) is 13.6. The molecule has 3 rings (SSSR count). The Balaban J connectivity index is 1.65. The van der Waals surface area contributed by atoms with E-state index < -0.39 is 5.97 Å². The number of hydrogen-bond donors (Lipinski definition) is 1. The highest BCUT2D eigenvalue weighted by Crippen LogP contribution is 2.36. The van der Waals surface area contributed by atoms with E-state index in [0.717, 1.165) is 11.3 Å². The van der Waals surface area contributed by atoms with Crippen LogP contribution >= 0.6 is 11.3 Å². The first-order valence-electron chi connectivity index (χ1n) is 10.0. The van der Waals surface area contributed by atoms with Crippen LogP contribution in [0.15, 0.2) is 53.9 Å². The fourth-order valence-corrected chi connectivity index (χ4v) is 3.99. The number of aryl methyl sites for hydroxylation is 1. The third-order valence-electron chi connectivity index (χ3n) is 4.49. The van der Waals surface area contributed by atoms with Crippen molar-refractivity contribution in [1.82, 2.24) is 0 Å². The first-order valence-corrected chi connectivity index (χ1v) is 10.9. The van der Waals surface area contributed by atoms with E-state index in [-0.39, 0.29) is 30.3 Å². The van der Waals surface area contributed by atoms with Gasteiger partial charge in [0.05, 0.1) is 13.2 Å². The second-order valence-electron chi connectivity index (χ2n) is 6.90. The Hall–Kier alpha value is -3.19. The standard InChI is InChI=1S/C24H24FNO4S/c1-3-29-24(28)22-20(17-9-11-18(25)12-10-17)15-31-23(22)26-21(27)8-5-13-30-19-7-4-6-16(2)14-19/h4,6-7,9-12,14-15H,3,5,8,13H2,1-2H3,(H,26,27). The number of esters is 1. The lowest BCUT2D eigenvalue weighted by Crippen LogP contribution is -2.15. The smallest absolute Gasteiger partial charge is 0.341 e. The van der Waals surface area contributed by atoms with Gasteiger partial charge in [-0.3, -0.25) is 4.79 Å². The molecule has 0 aliphatic heterocycles. The van der Waals surface area contributed by atoms with Crippen LogP contribution in [-0.2, 0) is 9.53 Å². The normalized spacial score (nSPS) is 10.5. The lowest BCUT2D eigenvalue weighted by Gasteiger charge is -2.09. The number of amides is 1. The zero-order valence-corrected chi connectivity index (χ0v) is 18.3. The lowest BCUT2D eigenvalue weighted by atomic mass is 10.0. The number of carbonyl (C=O) groups excluding carboxylic acids is 2. The molecule has 0 atom stereocenters. The molecule has 0 saturated carbocycles. The molecular formula is C24H24FNO4S. The van der Waals surface area contributed by atoms with Gasteiger partial charge in [0.2, 0.25) is 5.91 Å². The molecule has 0 unspecified atom stereocenters. The predicted molar refractivity (Wildman–Crippen MR) is 120 cm³/mol. The van der Waals surface area contributed by atoms with Crippen molar-refractivity contribution in [2.75, 3.05) is 18.5 Å². The summed E-state index contributed by atoms with van der Waals surface area (Å²) in [5, 5.41) is 4.99. The second-order valence-corrected chi connectivity index (χ2v) is 7.78. The number of nitrogens with one attached hydrogen (secondary N) is 1. The minimum absolute atomic E-state index is 0.210. The third kappa shape index (κ3) is 6.15. The lowest BCUT2D eigenvalue weighted by molar-refractivity contribution is -0.116. The summed E-state index contributed by atoms with van der Waals surface area (Å²) >= 11 is 1.24. The zero-order valence-electron chi connectivity index (χ0n) is 17.4. The van der Waals surface area contributed by atoms with Crippen molar-refractivity contribution in [2.24, 2.45) is 0 Å². The number of benzene rings is 2. The van der Waals surface area contributed by atoms with E-state index >= 15 is 0 Å². The van der Waals surface area contributed by atoms with Gasteiger partial charge >= 0.3 is 5.97 Å². The Bertz CT molecular complexity index is 1050. The number of rotatable bonds is 9. The van der Waals surface area contributed by atoms with Crippen molar-refractivity contribution in [3.8, 4) is 16.9 Å². The van der Waals surface area contributed by atoms with Crippen molar-refractivity contribution in [1.29, 1.82) is 0 Å². The fraction of sp³-hybridized carbons (Fsp3) is 0.250. The monoisotopic (exact) mass is 441 g/mol. The van der Waals surface area contributed by atoms with Crippen LogP contribution < -0.4 is 10.1 Å². The molecule has 5 nitrogen and oxygen atoms in total. The van der Waals surface area contributed by atoms with Crippen molar-refractivity contribution in [3.63, 3.8) is 0 Å². The van der Waals surface area contributed by atoms with Gasteiger partial charge in [-0.1, -0.05) is 24.3 Å². The molecule has 0 aliphatic rings. The molecule has 162 valence electrons. The minimum Gasteiger partial charge on any atom is -0.494 e. The van der Waals surface area contributed by atoms with E-state index in [1.165, 1.54) is 23.5 Å². The van der Waals surface area contributed by atoms with Crippen LogP contribution in [0.5, 0.6) is 5.75 Å². The average molecular weight is 442 g/mol. The molecule has 0 aliphatic carbocycles. The highest BCUT2D eigenvalue weighted by molar-refractivity contribution is 7.15. The molecular weight excluding hydrogens is 417 g/mol. The van der Waals surface area contributed by atoms with Crippen molar-refractivity contribution in [3.05, 3.63) is 70.9 Å². The van der Waals surface area contributed by atoms with E-state index in [0.29, 0.717) is 29.2 Å². The number of halogens is 1. The highest BCUT2D eigenvalue weighted by Gasteiger charge is 2.22. The number of ether oxygens (including phenoxy) is 2. The topological polar surface area (TPSA) is 64.6 Å². The van der Waals surface area contributed by atoms with Crippen LogP contribution in [0.3, 0.4) is 0 Å². The molecule has 2 aromatic carbocycles. The van der Waals surface area contributed by atoms with Gasteiger partial charge in [-0.15, -0.1) is 11.3 Å². The molecule has 31 heavy (non-hydrogen) atoms. The van der Waals surface area contributed by atoms with Gasteiger partial charge in [-0.05, 0) is 55.7 Å². The van der Waals surface area contributed by atoms with E-state index in [1.807, 2.05) is 31.2 Å². The van der Waals surface area contributed by atoms with Gasteiger partial charge in [0.25, 0.3) is 0 Å².